The van der Waals surface area contributed by atoms with E-state index in [2.05, 4.69) is 38.0 Å². The minimum absolute atomic E-state index is 0.777. The van der Waals surface area contributed by atoms with E-state index in [1.165, 1.54) is 25.0 Å². The molecule has 1 N–H and O–H groups in total. The van der Waals surface area contributed by atoms with Crippen LogP contribution >= 0.6 is 27.7 Å². The Kier molecular flexibility index (Phi) is 4.32. The molecule has 0 radical (unpaired) electrons. The van der Waals surface area contributed by atoms with Crippen LogP contribution in [0.3, 0.4) is 0 Å². The molecular weight excluding hydrogens is 272 g/mol. The van der Waals surface area contributed by atoms with Crippen molar-refractivity contribution in [2.75, 3.05) is 17.6 Å². The average molecular weight is 287 g/mol. The zero-order valence-corrected chi connectivity index (χ0v) is 11.0. The van der Waals surface area contributed by atoms with Crippen LogP contribution in [0.25, 0.3) is 0 Å². The van der Waals surface area contributed by atoms with E-state index in [-0.39, 0.29) is 0 Å². The smallest absolute Gasteiger partial charge is 0.0590 e. The lowest BCUT2D eigenvalue weighted by Crippen LogP contribution is -2.20. The fourth-order valence-corrected chi connectivity index (χ4v) is 3.34. The Hall–Kier alpha value is -0.220. The molecule has 0 bridgehead atoms. The van der Waals surface area contributed by atoms with E-state index in [1.807, 2.05) is 18.5 Å². The van der Waals surface area contributed by atoms with Crippen LogP contribution in [0.4, 0.5) is 5.69 Å². The Balaban J connectivity index is 1.84. The summed E-state index contributed by atoms with van der Waals surface area (Å²) in [5.41, 5.74) is 1.15. The van der Waals surface area contributed by atoms with Gasteiger partial charge >= 0.3 is 0 Å². The molecule has 82 valence electrons. The van der Waals surface area contributed by atoms with Gasteiger partial charge in [0.15, 0.2) is 0 Å². The van der Waals surface area contributed by atoms with Gasteiger partial charge in [-0.1, -0.05) is 6.42 Å². The molecule has 2 heterocycles. The van der Waals surface area contributed by atoms with Gasteiger partial charge in [0.25, 0.3) is 0 Å². The number of anilines is 1. The molecule has 1 aliphatic heterocycles. The van der Waals surface area contributed by atoms with Gasteiger partial charge in [0.2, 0.25) is 0 Å². The van der Waals surface area contributed by atoms with E-state index in [1.54, 1.807) is 0 Å². The molecule has 15 heavy (non-hydrogen) atoms. The first-order valence-corrected chi connectivity index (χ1v) is 7.15. The Bertz CT molecular complexity index is 313. The van der Waals surface area contributed by atoms with Gasteiger partial charge in [0.1, 0.15) is 0 Å². The SMILES string of the molecule is Brc1cnccc1NCC1CCCCS1. The molecule has 0 aromatic carbocycles. The Morgan fingerprint density at radius 2 is 2.47 bits per heavy atom. The second-order valence-corrected chi connectivity index (χ2v) is 5.99. The van der Waals surface area contributed by atoms with Crippen LogP contribution in [-0.4, -0.2) is 22.5 Å². The van der Waals surface area contributed by atoms with E-state index >= 15 is 0 Å². The summed E-state index contributed by atoms with van der Waals surface area (Å²) in [5.74, 6) is 1.32. The molecule has 1 saturated heterocycles. The molecule has 1 unspecified atom stereocenters. The zero-order chi connectivity index (χ0) is 10.5. The summed E-state index contributed by atoms with van der Waals surface area (Å²) in [6, 6.07) is 2.01. The zero-order valence-electron chi connectivity index (χ0n) is 8.58. The van der Waals surface area contributed by atoms with Crippen molar-refractivity contribution in [1.29, 1.82) is 0 Å². The van der Waals surface area contributed by atoms with Crippen LogP contribution in [0.15, 0.2) is 22.9 Å². The molecule has 0 amide bonds. The molecule has 1 aromatic rings. The fourth-order valence-electron chi connectivity index (χ4n) is 1.71. The maximum absolute atomic E-state index is 4.05. The quantitative estimate of drug-likeness (QED) is 0.920. The standard InChI is InChI=1S/C11H15BrN2S/c12-10-8-13-5-4-11(10)14-7-9-3-1-2-6-15-9/h4-5,8-9H,1-3,6-7H2,(H,13,14). The highest BCUT2D eigenvalue weighted by molar-refractivity contribution is 9.10. The van der Waals surface area contributed by atoms with Gasteiger partial charge in [0, 0.05) is 24.2 Å². The topological polar surface area (TPSA) is 24.9 Å². The molecule has 1 fully saturated rings. The average Bonchev–Trinajstić information content (AvgIpc) is 2.29. The summed E-state index contributed by atoms with van der Waals surface area (Å²) in [4.78, 5) is 4.05. The fraction of sp³-hybridized carbons (Fsp3) is 0.545. The lowest BCUT2D eigenvalue weighted by molar-refractivity contribution is 0.677. The summed E-state index contributed by atoms with van der Waals surface area (Å²) in [7, 11) is 0. The molecule has 1 aliphatic rings. The predicted molar refractivity (Wildman–Crippen MR) is 70.5 cm³/mol. The minimum Gasteiger partial charge on any atom is -0.383 e. The summed E-state index contributed by atoms with van der Waals surface area (Å²) < 4.78 is 1.05. The molecule has 1 atom stereocenters. The summed E-state index contributed by atoms with van der Waals surface area (Å²) >= 11 is 5.58. The number of nitrogens with zero attached hydrogens (tertiary/aromatic N) is 1. The summed E-state index contributed by atoms with van der Waals surface area (Å²) in [6.07, 6.45) is 7.77. The van der Waals surface area contributed by atoms with Crippen LogP contribution in [0, 0.1) is 0 Å². The molecule has 0 aliphatic carbocycles. The number of pyridine rings is 1. The normalized spacial score (nSPS) is 21.3. The largest absolute Gasteiger partial charge is 0.383 e. The molecule has 2 rings (SSSR count). The Morgan fingerprint density at radius 1 is 1.53 bits per heavy atom. The van der Waals surface area contributed by atoms with E-state index in [0.717, 1.165) is 22.0 Å². The molecular formula is C11H15BrN2S. The van der Waals surface area contributed by atoms with Gasteiger partial charge in [-0.3, -0.25) is 4.98 Å². The highest BCUT2D eigenvalue weighted by Gasteiger charge is 2.13. The number of halogens is 1. The molecule has 2 nitrogen and oxygen atoms in total. The first-order valence-electron chi connectivity index (χ1n) is 5.31. The summed E-state index contributed by atoms with van der Waals surface area (Å²) in [6.45, 7) is 1.06. The summed E-state index contributed by atoms with van der Waals surface area (Å²) in [5, 5.41) is 4.25. The number of rotatable bonds is 3. The highest BCUT2D eigenvalue weighted by atomic mass is 79.9. The van der Waals surface area contributed by atoms with Gasteiger partial charge < -0.3 is 5.32 Å². The predicted octanol–water partition coefficient (Wildman–Crippen LogP) is 3.54. The second-order valence-electron chi connectivity index (χ2n) is 3.73. The van der Waals surface area contributed by atoms with E-state index in [0.29, 0.717) is 0 Å². The third-order valence-corrected chi connectivity index (χ3v) is 4.60. The van der Waals surface area contributed by atoms with Crippen molar-refractivity contribution in [2.24, 2.45) is 0 Å². The maximum Gasteiger partial charge on any atom is 0.0590 e. The van der Waals surface area contributed by atoms with Crippen LogP contribution < -0.4 is 5.32 Å². The molecule has 4 heteroatoms. The van der Waals surface area contributed by atoms with E-state index in [4.69, 9.17) is 0 Å². The van der Waals surface area contributed by atoms with Gasteiger partial charge in [-0.2, -0.15) is 11.8 Å². The number of hydrogen-bond acceptors (Lipinski definition) is 3. The monoisotopic (exact) mass is 286 g/mol. The highest BCUT2D eigenvalue weighted by Crippen LogP contribution is 2.26. The van der Waals surface area contributed by atoms with E-state index < -0.39 is 0 Å². The number of hydrogen-bond donors (Lipinski definition) is 1. The van der Waals surface area contributed by atoms with Crippen molar-refractivity contribution in [3.8, 4) is 0 Å². The molecule has 0 spiro atoms. The van der Waals surface area contributed by atoms with Crippen molar-refractivity contribution in [1.82, 2.24) is 4.98 Å². The minimum atomic E-state index is 0.777. The lowest BCUT2D eigenvalue weighted by atomic mass is 10.2. The van der Waals surface area contributed by atoms with Gasteiger partial charge in [-0.15, -0.1) is 0 Å². The van der Waals surface area contributed by atoms with Gasteiger partial charge in [-0.05, 0) is 40.6 Å². The van der Waals surface area contributed by atoms with Crippen molar-refractivity contribution in [2.45, 2.75) is 24.5 Å². The number of thioether (sulfide) groups is 1. The van der Waals surface area contributed by atoms with Crippen molar-refractivity contribution in [3.05, 3.63) is 22.9 Å². The first-order chi connectivity index (χ1) is 7.36. The first kappa shape index (κ1) is 11.3. The van der Waals surface area contributed by atoms with Crippen molar-refractivity contribution >= 4 is 33.4 Å². The molecule has 0 saturated carbocycles. The number of nitrogens with one attached hydrogen (secondary N) is 1. The second kappa shape index (κ2) is 5.75. The Labute approximate surface area is 103 Å². The maximum atomic E-state index is 4.05. The third-order valence-electron chi connectivity index (χ3n) is 2.57. The van der Waals surface area contributed by atoms with Crippen LogP contribution in [0.1, 0.15) is 19.3 Å². The number of aromatic nitrogens is 1. The third kappa shape index (κ3) is 3.38. The van der Waals surface area contributed by atoms with Crippen molar-refractivity contribution < 1.29 is 0 Å². The Morgan fingerprint density at radius 3 is 3.20 bits per heavy atom. The molecule has 1 aromatic heterocycles. The van der Waals surface area contributed by atoms with E-state index in [9.17, 15) is 0 Å². The van der Waals surface area contributed by atoms with Gasteiger partial charge in [0.05, 0.1) is 10.2 Å². The van der Waals surface area contributed by atoms with Crippen LogP contribution in [0.5, 0.6) is 0 Å². The lowest BCUT2D eigenvalue weighted by Gasteiger charge is -2.22. The van der Waals surface area contributed by atoms with Crippen LogP contribution in [-0.2, 0) is 0 Å². The van der Waals surface area contributed by atoms with Crippen LogP contribution in [0.2, 0.25) is 0 Å². The van der Waals surface area contributed by atoms with Crippen molar-refractivity contribution in [3.63, 3.8) is 0 Å². The van der Waals surface area contributed by atoms with Gasteiger partial charge in [-0.25, -0.2) is 0 Å².